The fourth-order valence-electron chi connectivity index (χ4n) is 2.73. The van der Waals surface area contributed by atoms with Crippen LogP contribution < -0.4 is 5.32 Å². The largest absolute Gasteiger partial charge is 0.372 e. The van der Waals surface area contributed by atoms with Crippen LogP contribution in [0.15, 0.2) is 16.8 Å². The zero-order valence-corrected chi connectivity index (χ0v) is 10.8. The minimum atomic E-state index is 0.116. The molecule has 1 atom stereocenters. The van der Waals surface area contributed by atoms with Crippen LogP contribution in [-0.2, 0) is 16.1 Å². The molecule has 1 unspecified atom stereocenters. The van der Waals surface area contributed by atoms with Gasteiger partial charge in [-0.05, 0) is 48.3 Å². The molecule has 2 saturated heterocycles. The van der Waals surface area contributed by atoms with Crippen molar-refractivity contribution in [3.05, 3.63) is 22.4 Å². The summed E-state index contributed by atoms with van der Waals surface area (Å²) < 4.78 is 11.9. The number of hydrogen-bond acceptors (Lipinski definition) is 4. The molecule has 3 rings (SSSR count). The van der Waals surface area contributed by atoms with Crippen molar-refractivity contribution in [1.82, 2.24) is 5.32 Å². The van der Waals surface area contributed by atoms with E-state index in [9.17, 15) is 0 Å². The Balaban J connectivity index is 1.50. The third-order valence-corrected chi connectivity index (χ3v) is 4.49. The van der Waals surface area contributed by atoms with Crippen molar-refractivity contribution in [2.45, 2.75) is 37.6 Å². The van der Waals surface area contributed by atoms with Crippen molar-refractivity contribution >= 4 is 11.3 Å². The first-order chi connectivity index (χ1) is 8.36. The fourth-order valence-corrected chi connectivity index (χ4v) is 3.38. The summed E-state index contributed by atoms with van der Waals surface area (Å²) in [4.78, 5) is 0. The fraction of sp³-hybridized carbons (Fsp3) is 0.692. The van der Waals surface area contributed by atoms with Gasteiger partial charge in [-0.3, -0.25) is 0 Å². The molecular formula is C13H19NO2S. The molecule has 94 valence electrons. The molecule has 1 spiro atoms. The van der Waals surface area contributed by atoms with Crippen LogP contribution in [0.4, 0.5) is 0 Å². The molecule has 2 fully saturated rings. The van der Waals surface area contributed by atoms with Crippen molar-refractivity contribution in [3.8, 4) is 0 Å². The topological polar surface area (TPSA) is 30.5 Å². The quantitative estimate of drug-likeness (QED) is 0.895. The van der Waals surface area contributed by atoms with E-state index in [4.69, 9.17) is 9.47 Å². The monoisotopic (exact) mass is 253 g/mol. The highest BCUT2D eigenvalue weighted by molar-refractivity contribution is 7.07. The number of ether oxygens (including phenoxy) is 2. The maximum absolute atomic E-state index is 6.00. The van der Waals surface area contributed by atoms with Gasteiger partial charge in [-0.25, -0.2) is 0 Å². The molecular weight excluding hydrogens is 234 g/mol. The summed E-state index contributed by atoms with van der Waals surface area (Å²) in [5, 5.41) is 7.63. The van der Waals surface area contributed by atoms with Gasteiger partial charge in [0.1, 0.15) is 0 Å². The maximum Gasteiger partial charge on any atom is 0.0840 e. The Bertz CT molecular complexity index is 346. The second-order valence-electron chi connectivity index (χ2n) is 5.01. The Morgan fingerprint density at radius 3 is 3.12 bits per heavy atom. The van der Waals surface area contributed by atoms with E-state index in [0.29, 0.717) is 0 Å². The van der Waals surface area contributed by atoms with Crippen molar-refractivity contribution in [2.24, 2.45) is 0 Å². The van der Waals surface area contributed by atoms with E-state index in [-0.39, 0.29) is 11.7 Å². The summed E-state index contributed by atoms with van der Waals surface area (Å²) in [6.07, 6.45) is 3.61. The molecule has 0 radical (unpaired) electrons. The Kier molecular flexibility index (Phi) is 3.47. The first-order valence-corrected chi connectivity index (χ1v) is 7.28. The van der Waals surface area contributed by atoms with E-state index >= 15 is 0 Å². The van der Waals surface area contributed by atoms with Gasteiger partial charge in [-0.2, -0.15) is 11.3 Å². The standard InChI is InChI=1S/C13H19NO2S/c1-6-17-10-11(1)8-15-12-7-13(16-9-12)2-4-14-5-3-13/h1,6,10,12,14H,2-5,7-9H2. The molecule has 0 bridgehead atoms. The van der Waals surface area contributed by atoms with Gasteiger partial charge in [0.05, 0.1) is 24.9 Å². The molecule has 0 saturated carbocycles. The Labute approximate surface area is 106 Å². The number of nitrogens with one attached hydrogen (secondary N) is 1. The lowest BCUT2D eigenvalue weighted by Gasteiger charge is -2.32. The molecule has 1 aromatic rings. The molecule has 1 N–H and O–H groups in total. The van der Waals surface area contributed by atoms with Crippen LogP contribution in [0.1, 0.15) is 24.8 Å². The number of hydrogen-bond donors (Lipinski definition) is 1. The maximum atomic E-state index is 6.00. The molecule has 17 heavy (non-hydrogen) atoms. The first kappa shape index (κ1) is 11.7. The van der Waals surface area contributed by atoms with Gasteiger partial charge < -0.3 is 14.8 Å². The smallest absolute Gasteiger partial charge is 0.0840 e. The van der Waals surface area contributed by atoms with Gasteiger partial charge in [0.15, 0.2) is 0 Å². The Morgan fingerprint density at radius 1 is 1.47 bits per heavy atom. The van der Waals surface area contributed by atoms with Gasteiger partial charge in [-0.15, -0.1) is 0 Å². The minimum absolute atomic E-state index is 0.116. The Hall–Kier alpha value is -0.420. The second-order valence-corrected chi connectivity index (χ2v) is 5.79. The first-order valence-electron chi connectivity index (χ1n) is 6.34. The average Bonchev–Trinajstić information content (AvgIpc) is 2.98. The number of rotatable bonds is 3. The molecule has 4 heteroatoms. The third-order valence-electron chi connectivity index (χ3n) is 3.76. The Morgan fingerprint density at radius 2 is 2.35 bits per heavy atom. The highest BCUT2D eigenvalue weighted by atomic mass is 32.1. The molecule has 0 aliphatic carbocycles. The summed E-state index contributed by atoms with van der Waals surface area (Å²) >= 11 is 1.72. The predicted molar refractivity (Wildman–Crippen MR) is 68.3 cm³/mol. The predicted octanol–water partition coefficient (Wildman–Crippen LogP) is 2.18. The van der Waals surface area contributed by atoms with Crippen molar-refractivity contribution in [1.29, 1.82) is 0 Å². The van der Waals surface area contributed by atoms with E-state index < -0.39 is 0 Å². The summed E-state index contributed by atoms with van der Waals surface area (Å²) in [5.41, 5.74) is 1.39. The van der Waals surface area contributed by atoms with Crippen LogP contribution in [-0.4, -0.2) is 31.4 Å². The molecule has 3 heterocycles. The number of thiophene rings is 1. The molecule has 2 aliphatic rings. The molecule has 1 aromatic heterocycles. The summed E-state index contributed by atoms with van der Waals surface area (Å²) in [7, 11) is 0. The average molecular weight is 253 g/mol. The van der Waals surface area contributed by atoms with Gasteiger partial charge in [-0.1, -0.05) is 0 Å². The van der Waals surface area contributed by atoms with E-state index in [0.717, 1.165) is 45.6 Å². The molecule has 2 aliphatic heterocycles. The van der Waals surface area contributed by atoms with Crippen molar-refractivity contribution < 1.29 is 9.47 Å². The van der Waals surface area contributed by atoms with E-state index in [1.54, 1.807) is 11.3 Å². The van der Waals surface area contributed by atoms with Gasteiger partial charge in [0, 0.05) is 6.42 Å². The summed E-state index contributed by atoms with van der Waals surface area (Å²) in [6.45, 7) is 3.66. The van der Waals surface area contributed by atoms with Crippen LogP contribution in [0.3, 0.4) is 0 Å². The van der Waals surface area contributed by atoms with Crippen LogP contribution in [0, 0.1) is 0 Å². The van der Waals surface area contributed by atoms with Gasteiger partial charge in [0.25, 0.3) is 0 Å². The lowest BCUT2D eigenvalue weighted by Crippen LogP contribution is -2.41. The molecule has 0 amide bonds. The molecule has 0 aromatic carbocycles. The van der Waals surface area contributed by atoms with Crippen LogP contribution >= 0.6 is 11.3 Å². The van der Waals surface area contributed by atoms with Crippen LogP contribution in [0.2, 0.25) is 0 Å². The van der Waals surface area contributed by atoms with Crippen LogP contribution in [0.25, 0.3) is 0 Å². The van der Waals surface area contributed by atoms with Gasteiger partial charge in [0.2, 0.25) is 0 Å². The highest BCUT2D eigenvalue weighted by Gasteiger charge is 2.41. The van der Waals surface area contributed by atoms with E-state index in [2.05, 4.69) is 22.1 Å². The second kappa shape index (κ2) is 5.06. The van der Waals surface area contributed by atoms with Crippen molar-refractivity contribution in [3.63, 3.8) is 0 Å². The van der Waals surface area contributed by atoms with E-state index in [1.165, 1.54) is 5.56 Å². The third kappa shape index (κ3) is 2.71. The van der Waals surface area contributed by atoms with Crippen molar-refractivity contribution in [2.75, 3.05) is 19.7 Å². The lowest BCUT2D eigenvalue weighted by molar-refractivity contribution is -0.0240. The SMILES string of the molecule is c1cc(COC2COC3(CCNCC3)C2)cs1. The van der Waals surface area contributed by atoms with Gasteiger partial charge >= 0.3 is 0 Å². The molecule has 3 nitrogen and oxygen atoms in total. The zero-order valence-electron chi connectivity index (χ0n) is 9.98. The lowest BCUT2D eigenvalue weighted by atomic mass is 9.89. The van der Waals surface area contributed by atoms with E-state index in [1.807, 2.05) is 0 Å². The summed E-state index contributed by atoms with van der Waals surface area (Å²) in [5.74, 6) is 0. The summed E-state index contributed by atoms with van der Waals surface area (Å²) in [6, 6.07) is 2.13. The normalized spacial score (nSPS) is 27.6. The minimum Gasteiger partial charge on any atom is -0.372 e. The van der Waals surface area contributed by atoms with Crippen LogP contribution in [0.5, 0.6) is 0 Å². The zero-order chi connectivity index (χ0) is 11.6. The number of piperidine rings is 1. The highest BCUT2D eigenvalue weighted by Crippen LogP contribution is 2.35.